The van der Waals surface area contributed by atoms with E-state index in [2.05, 4.69) is 53.4 Å². The molecule has 4 nitrogen and oxygen atoms in total. The second-order valence-corrected chi connectivity index (χ2v) is 6.36. The molecule has 0 unspecified atom stereocenters. The zero-order valence-electron chi connectivity index (χ0n) is 13.8. The smallest absolute Gasteiger partial charge is 0.258 e. The zero-order chi connectivity index (χ0) is 17.1. The molecule has 0 radical (unpaired) electrons. The summed E-state index contributed by atoms with van der Waals surface area (Å²) in [6, 6.07) is 13.9. The van der Waals surface area contributed by atoms with Crippen LogP contribution < -0.4 is 10.9 Å². The molecule has 0 bridgehead atoms. The normalized spacial score (nSPS) is 12.5. The van der Waals surface area contributed by atoms with Gasteiger partial charge in [0.2, 0.25) is 0 Å². The molecular weight excluding hydrogens is 322 g/mol. The molecule has 0 saturated carbocycles. The van der Waals surface area contributed by atoms with Crippen LogP contribution in [-0.2, 0) is 6.54 Å². The number of fused-ring (bicyclic) bond motifs is 1. The van der Waals surface area contributed by atoms with Gasteiger partial charge in [-0.15, -0.1) is 0 Å². The Morgan fingerprint density at radius 1 is 1.21 bits per heavy atom. The molecule has 0 fully saturated rings. The van der Waals surface area contributed by atoms with E-state index in [1.54, 1.807) is 18.2 Å². The Labute approximate surface area is 145 Å². The maximum atomic E-state index is 12.2. The third kappa shape index (κ3) is 3.66. The molecule has 3 aromatic rings. The predicted molar refractivity (Wildman–Crippen MR) is 98.4 cm³/mol. The van der Waals surface area contributed by atoms with E-state index >= 15 is 0 Å². The molecular formula is C19H20ClN3O. The van der Waals surface area contributed by atoms with Gasteiger partial charge in [-0.3, -0.25) is 4.79 Å². The van der Waals surface area contributed by atoms with Crippen LogP contribution in [0.3, 0.4) is 0 Å². The minimum Gasteiger partial charge on any atom is -0.309 e. The minimum atomic E-state index is -0.164. The molecule has 1 aromatic heterocycles. The van der Waals surface area contributed by atoms with E-state index in [0.717, 1.165) is 6.42 Å². The maximum absolute atomic E-state index is 12.2. The van der Waals surface area contributed by atoms with E-state index in [1.807, 2.05) is 0 Å². The Hall–Kier alpha value is -2.17. The summed E-state index contributed by atoms with van der Waals surface area (Å²) in [5.41, 5.74) is 2.97. The quantitative estimate of drug-likeness (QED) is 0.733. The Bertz CT molecular complexity index is 903. The van der Waals surface area contributed by atoms with Crippen LogP contribution in [0.25, 0.3) is 10.9 Å². The molecule has 24 heavy (non-hydrogen) atoms. The molecule has 2 aromatic carbocycles. The van der Waals surface area contributed by atoms with Crippen LogP contribution in [0, 0.1) is 6.92 Å². The number of aryl methyl sites for hydroxylation is 1. The number of hydrogen-bond acceptors (Lipinski definition) is 3. The average molecular weight is 342 g/mol. The Balaban J connectivity index is 1.80. The summed E-state index contributed by atoms with van der Waals surface area (Å²) in [5.74, 6) is 0.625. The standard InChI is InChI=1S/C19H20ClN3O/c1-3-16(13-6-4-12(2)5-7-13)21-11-18-22-17-9-8-14(20)10-15(17)19(24)23-18/h4-10,16,21H,3,11H2,1-2H3,(H,22,23,24)/t16-/m0/s1. The summed E-state index contributed by atoms with van der Waals surface area (Å²) in [7, 11) is 0. The fraction of sp³-hybridized carbons (Fsp3) is 0.263. The minimum absolute atomic E-state index is 0.164. The highest BCUT2D eigenvalue weighted by Crippen LogP contribution is 2.18. The van der Waals surface area contributed by atoms with Crippen molar-refractivity contribution in [3.63, 3.8) is 0 Å². The van der Waals surface area contributed by atoms with E-state index in [0.29, 0.717) is 28.3 Å². The summed E-state index contributed by atoms with van der Waals surface area (Å²) in [4.78, 5) is 19.5. The lowest BCUT2D eigenvalue weighted by molar-refractivity contribution is 0.508. The number of benzene rings is 2. The van der Waals surface area contributed by atoms with Gasteiger partial charge in [0.15, 0.2) is 0 Å². The number of halogens is 1. The van der Waals surface area contributed by atoms with Crippen LogP contribution in [0.2, 0.25) is 5.02 Å². The highest BCUT2D eigenvalue weighted by atomic mass is 35.5. The predicted octanol–water partition coefficient (Wildman–Crippen LogP) is 4.13. The van der Waals surface area contributed by atoms with E-state index in [-0.39, 0.29) is 11.6 Å². The van der Waals surface area contributed by atoms with Gasteiger partial charge >= 0.3 is 0 Å². The molecule has 0 spiro atoms. The van der Waals surface area contributed by atoms with Gasteiger partial charge in [0, 0.05) is 11.1 Å². The maximum Gasteiger partial charge on any atom is 0.258 e. The van der Waals surface area contributed by atoms with Crippen LogP contribution in [0.5, 0.6) is 0 Å². The summed E-state index contributed by atoms with van der Waals surface area (Å²) in [6.45, 7) is 4.71. The Kier molecular flexibility index (Phi) is 4.97. The molecule has 0 amide bonds. The molecule has 5 heteroatoms. The third-order valence-electron chi connectivity index (χ3n) is 4.12. The van der Waals surface area contributed by atoms with Crippen molar-refractivity contribution >= 4 is 22.5 Å². The van der Waals surface area contributed by atoms with Gasteiger partial charge in [0.1, 0.15) is 5.82 Å². The van der Waals surface area contributed by atoms with Gasteiger partial charge < -0.3 is 10.3 Å². The van der Waals surface area contributed by atoms with Crippen molar-refractivity contribution in [1.29, 1.82) is 0 Å². The van der Waals surface area contributed by atoms with Crippen molar-refractivity contribution in [1.82, 2.24) is 15.3 Å². The lowest BCUT2D eigenvalue weighted by Crippen LogP contribution is -2.23. The number of aromatic amines is 1. The van der Waals surface area contributed by atoms with Crippen LogP contribution >= 0.6 is 11.6 Å². The number of nitrogens with one attached hydrogen (secondary N) is 2. The van der Waals surface area contributed by atoms with Crippen molar-refractivity contribution in [3.8, 4) is 0 Å². The summed E-state index contributed by atoms with van der Waals surface area (Å²) in [5, 5.41) is 4.51. The monoisotopic (exact) mass is 341 g/mol. The van der Waals surface area contributed by atoms with Gasteiger partial charge in [0.25, 0.3) is 5.56 Å². The van der Waals surface area contributed by atoms with E-state index in [4.69, 9.17) is 11.6 Å². The second-order valence-electron chi connectivity index (χ2n) is 5.93. The van der Waals surface area contributed by atoms with Crippen molar-refractivity contribution in [2.24, 2.45) is 0 Å². The first kappa shape index (κ1) is 16.7. The van der Waals surface area contributed by atoms with Gasteiger partial charge in [-0.05, 0) is 37.1 Å². The molecule has 0 aliphatic rings. The van der Waals surface area contributed by atoms with Crippen LogP contribution in [0.4, 0.5) is 0 Å². The highest BCUT2D eigenvalue weighted by Gasteiger charge is 2.10. The van der Waals surface area contributed by atoms with Gasteiger partial charge in [-0.25, -0.2) is 4.98 Å². The van der Waals surface area contributed by atoms with Gasteiger partial charge in [-0.1, -0.05) is 48.4 Å². The first-order valence-corrected chi connectivity index (χ1v) is 8.43. The van der Waals surface area contributed by atoms with E-state index in [1.165, 1.54) is 11.1 Å². The summed E-state index contributed by atoms with van der Waals surface area (Å²) in [6.07, 6.45) is 0.955. The molecule has 124 valence electrons. The first-order valence-electron chi connectivity index (χ1n) is 8.05. The SMILES string of the molecule is CC[C@H](NCc1nc2ccc(Cl)cc2c(=O)[nH]1)c1ccc(C)cc1. The summed E-state index contributed by atoms with van der Waals surface area (Å²) < 4.78 is 0. The number of hydrogen-bond donors (Lipinski definition) is 2. The zero-order valence-corrected chi connectivity index (χ0v) is 14.5. The number of rotatable bonds is 5. The first-order chi connectivity index (χ1) is 11.6. The topological polar surface area (TPSA) is 57.8 Å². The molecule has 3 rings (SSSR count). The number of aromatic nitrogens is 2. The molecule has 0 saturated heterocycles. The van der Waals surface area contributed by atoms with Crippen molar-refractivity contribution < 1.29 is 0 Å². The van der Waals surface area contributed by atoms with Crippen LogP contribution in [0.15, 0.2) is 47.3 Å². The molecule has 1 heterocycles. The molecule has 1 atom stereocenters. The largest absolute Gasteiger partial charge is 0.309 e. The number of nitrogens with zero attached hydrogens (tertiary/aromatic N) is 1. The van der Waals surface area contributed by atoms with Gasteiger partial charge in [-0.2, -0.15) is 0 Å². The van der Waals surface area contributed by atoms with Crippen molar-refractivity contribution in [2.45, 2.75) is 32.9 Å². The van der Waals surface area contributed by atoms with Crippen molar-refractivity contribution in [2.75, 3.05) is 0 Å². The Morgan fingerprint density at radius 3 is 2.67 bits per heavy atom. The lowest BCUT2D eigenvalue weighted by Gasteiger charge is -2.17. The third-order valence-corrected chi connectivity index (χ3v) is 4.36. The van der Waals surface area contributed by atoms with Crippen LogP contribution in [0.1, 0.15) is 36.3 Å². The molecule has 0 aliphatic carbocycles. The van der Waals surface area contributed by atoms with Gasteiger partial charge in [0.05, 0.1) is 17.4 Å². The second kappa shape index (κ2) is 7.16. The number of H-pyrrole nitrogens is 1. The van der Waals surface area contributed by atoms with E-state index < -0.39 is 0 Å². The Morgan fingerprint density at radius 2 is 1.96 bits per heavy atom. The average Bonchev–Trinajstić information content (AvgIpc) is 2.57. The lowest BCUT2D eigenvalue weighted by atomic mass is 10.0. The van der Waals surface area contributed by atoms with Crippen molar-refractivity contribution in [3.05, 3.63) is 74.8 Å². The molecule has 0 aliphatic heterocycles. The van der Waals surface area contributed by atoms with Crippen LogP contribution in [-0.4, -0.2) is 9.97 Å². The summed E-state index contributed by atoms with van der Waals surface area (Å²) >= 11 is 5.94. The molecule has 2 N–H and O–H groups in total. The van der Waals surface area contributed by atoms with E-state index in [9.17, 15) is 4.79 Å². The highest BCUT2D eigenvalue weighted by molar-refractivity contribution is 6.31. The fourth-order valence-corrected chi connectivity index (χ4v) is 2.93. The fourth-order valence-electron chi connectivity index (χ4n) is 2.76.